The standard InChI is InChI=1S/C22H19N7O2S/c1-3-32(30,31)28-12-22(13-28,7-8-23)29-11-18(16-5-4-15(24-2)10-19(16)29)20-17-6-9-25-21(17)27-14-26-20/h4-6,9-11,14H,3,7,12-13H2,1H3,(H,25,26,27). The first-order valence-electron chi connectivity index (χ1n) is 10.1. The first kappa shape index (κ1) is 20.2. The summed E-state index contributed by atoms with van der Waals surface area (Å²) in [5, 5.41) is 11.3. The maximum Gasteiger partial charge on any atom is 0.213 e. The van der Waals surface area contributed by atoms with Crippen molar-refractivity contribution < 1.29 is 8.42 Å². The van der Waals surface area contributed by atoms with E-state index in [1.54, 1.807) is 25.3 Å². The van der Waals surface area contributed by atoms with Gasteiger partial charge in [0.2, 0.25) is 10.0 Å². The molecule has 1 aliphatic heterocycles. The number of rotatable bonds is 5. The van der Waals surface area contributed by atoms with Crippen molar-refractivity contribution in [2.24, 2.45) is 0 Å². The molecule has 1 saturated heterocycles. The summed E-state index contributed by atoms with van der Waals surface area (Å²) in [6, 6.07) is 9.57. The Labute approximate surface area is 184 Å². The molecule has 0 radical (unpaired) electrons. The number of nitrogens with one attached hydrogen (secondary N) is 1. The average Bonchev–Trinajstić information content (AvgIpc) is 3.40. The van der Waals surface area contributed by atoms with E-state index in [1.165, 1.54) is 10.6 Å². The Morgan fingerprint density at radius 1 is 1.28 bits per heavy atom. The Balaban J connectivity index is 1.74. The Bertz CT molecular complexity index is 1550. The number of H-pyrrole nitrogens is 1. The zero-order valence-corrected chi connectivity index (χ0v) is 18.1. The highest BCUT2D eigenvalue weighted by Crippen LogP contribution is 2.42. The zero-order valence-electron chi connectivity index (χ0n) is 17.3. The van der Waals surface area contributed by atoms with E-state index in [0.717, 1.165) is 27.5 Å². The van der Waals surface area contributed by atoms with Crippen molar-refractivity contribution in [1.29, 1.82) is 5.26 Å². The van der Waals surface area contributed by atoms with Gasteiger partial charge in [-0.1, -0.05) is 12.1 Å². The topological polar surface area (TPSA) is 112 Å². The fraction of sp³-hybridized carbons (Fsp3) is 0.273. The molecule has 10 heteroatoms. The molecular weight excluding hydrogens is 426 g/mol. The highest BCUT2D eigenvalue weighted by atomic mass is 32.2. The second-order valence-electron chi connectivity index (χ2n) is 7.92. The second kappa shape index (κ2) is 7.16. The first-order valence-corrected chi connectivity index (χ1v) is 11.7. The van der Waals surface area contributed by atoms with E-state index in [9.17, 15) is 13.7 Å². The van der Waals surface area contributed by atoms with E-state index in [0.29, 0.717) is 11.3 Å². The monoisotopic (exact) mass is 445 g/mol. The minimum absolute atomic E-state index is 0.0155. The van der Waals surface area contributed by atoms with Crippen LogP contribution in [0, 0.1) is 17.9 Å². The molecule has 1 aliphatic rings. The fourth-order valence-electron chi connectivity index (χ4n) is 4.44. The first-order chi connectivity index (χ1) is 15.4. The molecule has 32 heavy (non-hydrogen) atoms. The number of aromatic amines is 1. The normalized spacial score (nSPS) is 16.0. The third-order valence-corrected chi connectivity index (χ3v) is 7.92. The van der Waals surface area contributed by atoms with Crippen LogP contribution in [0.15, 0.2) is 43.0 Å². The lowest BCUT2D eigenvalue weighted by Crippen LogP contribution is -2.64. The Kier molecular flexibility index (Phi) is 4.52. The fourth-order valence-corrected chi connectivity index (χ4v) is 5.68. The van der Waals surface area contributed by atoms with Crippen molar-refractivity contribution in [2.45, 2.75) is 18.9 Å². The lowest BCUT2D eigenvalue weighted by Gasteiger charge is -2.49. The number of aromatic nitrogens is 4. The SMILES string of the molecule is [C-]#[N+]c1ccc2c(-c3ncnc4[nH]ccc34)cn(C3(CC#N)CN(S(=O)(=O)CC)C3)c2c1. The number of benzene rings is 1. The number of hydrogen-bond acceptors (Lipinski definition) is 5. The number of nitriles is 1. The molecule has 0 unspecified atom stereocenters. The van der Waals surface area contributed by atoms with Gasteiger partial charge in [-0.25, -0.2) is 23.2 Å². The van der Waals surface area contributed by atoms with Crippen LogP contribution in [-0.2, 0) is 15.6 Å². The smallest absolute Gasteiger partial charge is 0.213 e. The number of hydrogen-bond donors (Lipinski definition) is 1. The molecule has 4 heterocycles. The molecule has 1 aromatic carbocycles. The summed E-state index contributed by atoms with van der Waals surface area (Å²) >= 11 is 0. The van der Waals surface area contributed by atoms with Crippen LogP contribution in [0.5, 0.6) is 0 Å². The summed E-state index contributed by atoms with van der Waals surface area (Å²) < 4.78 is 28.2. The highest BCUT2D eigenvalue weighted by molar-refractivity contribution is 7.89. The Morgan fingerprint density at radius 2 is 2.09 bits per heavy atom. The van der Waals surface area contributed by atoms with Crippen LogP contribution < -0.4 is 0 Å². The molecular formula is C22H19N7O2S. The molecule has 1 N–H and O–H groups in total. The van der Waals surface area contributed by atoms with E-state index in [4.69, 9.17) is 6.57 Å². The molecule has 0 bridgehead atoms. The molecule has 160 valence electrons. The molecule has 4 aromatic rings. The summed E-state index contributed by atoms with van der Waals surface area (Å²) in [6.45, 7) is 9.47. The molecule has 9 nitrogen and oxygen atoms in total. The van der Waals surface area contributed by atoms with Gasteiger partial charge in [0.05, 0.1) is 36.0 Å². The molecule has 5 rings (SSSR count). The lowest BCUT2D eigenvalue weighted by molar-refractivity contribution is 0.0893. The minimum atomic E-state index is -3.35. The summed E-state index contributed by atoms with van der Waals surface area (Å²) in [5.41, 5.74) is 2.84. The van der Waals surface area contributed by atoms with Crippen LogP contribution >= 0.6 is 0 Å². The highest BCUT2D eigenvalue weighted by Gasteiger charge is 2.49. The summed E-state index contributed by atoms with van der Waals surface area (Å²) in [6.07, 6.45) is 5.38. The van der Waals surface area contributed by atoms with Crippen molar-refractivity contribution >= 4 is 37.6 Å². The molecule has 1 fully saturated rings. The van der Waals surface area contributed by atoms with Gasteiger partial charge in [-0.15, -0.1) is 0 Å². The van der Waals surface area contributed by atoms with Gasteiger partial charge < -0.3 is 9.55 Å². The van der Waals surface area contributed by atoms with Gasteiger partial charge in [0.1, 0.15) is 12.0 Å². The molecule has 0 spiro atoms. The minimum Gasteiger partial charge on any atom is -0.346 e. The van der Waals surface area contributed by atoms with Gasteiger partial charge in [-0.2, -0.15) is 9.57 Å². The van der Waals surface area contributed by atoms with Crippen LogP contribution in [0.25, 0.3) is 38.0 Å². The van der Waals surface area contributed by atoms with E-state index in [2.05, 4.69) is 25.9 Å². The quantitative estimate of drug-likeness (QED) is 0.473. The molecule has 0 aliphatic carbocycles. The molecule has 0 atom stereocenters. The molecule has 0 saturated carbocycles. The summed E-state index contributed by atoms with van der Waals surface area (Å²) in [7, 11) is -3.35. The van der Waals surface area contributed by atoms with Crippen molar-refractivity contribution in [1.82, 2.24) is 23.8 Å². The van der Waals surface area contributed by atoms with Gasteiger partial charge in [0.15, 0.2) is 5.69 Å². The van der Waals surface area contributed by atoms with Crippen LogP contribution in [-0.4, -0.2) is 51.1 Å². The predicted octanol–water partition coefficient (Wildman–Crippen LogP) is 3.40. The Morgan fingerprint density at radius 3 is 2.81 bits per heavy atom. The van der Waals surface area contributed by atoms with Gasteiger partial charge >= 0.3 is 0 Å². The van der Waals surface area contributed by atoms with E-state index >= 15 is 0 Å². The summed E-state index contributed by atoms with van der Waals surface area (Å²) in [5.74, 6) is 0.0155. The number of fused-ring (bicyclic) bond motifs is 2. The van der Waals surface area contributed by atoms with Crippen LogP contribution in [0.1, 0.15) is 13.3 Å². The Hall–Kier alpha value is -3.73. The van der Waals surface area contributed by atoms with Crippen LogP contribution in [0.4, 0.5) is 5.69 Å². The van der Waals surface area contributed by atoms with Gasteiger partial charge in [-0.3, -0.25) is 0 Å². The number of nitrogens with zero attached hydrogens (tertiary/aromatic N) is 6. The average molecular weight is 446 g/mol. The molecule has 0 amide bonds. The summed E-state index contributed by atoms with van der Waals surface area (Å²) in [4.78, 5) is 15.4. The predicted molar refractivity (Wildman–Crippen MR) is 120 cm³/mol. The van der Waals surface area contributed by atoms with Crippen molar-refractivity contribution in [2.75, 3.05) is 18.8 Å². The van der Waals surface area contributed by atoms with Crippen LogP contribution in [0.2, 0.25) is 0 Å². The second-order valence-corrected chi connectivity index (χ2v) is 10.2. The maximum absolute atomic E-state index is 12.4. The van der Waals surface area contributed by atoms with E-state index in [-0.39, 0.29) is 25.3 Å². The van der Waals surface area contributed by atoms with Gasteiger partial charge in [-0.05, 0) is 19.1 Å². The van der Waals surface area contributed by atoms with Crippen molar-refractivity contribution in [3.8, 4) is 17.3 Å². The third kappa shape index (κ3) is 2.88. The van der Waals surface area contributed by atoms with Gasteiger partial charge in [0.25, 0.3) is 0 Å². The van der Waals surface area contributed by atoms with Crippen molar-refractivity contribution in [3.63, 3.8) is 0 Å². The zero-order chi connectivity index (χ0) is 22.5. The van der Waals surface area contributed by atoms with Crippen LogP contribution in [0.3, 0.4) is 0 Å². The number of sulfonamides is 1. The lowest BCUT2D eigenvalue weighted by atomic mass is 9.88. The largest absolute Gasteiger partial charge is 0.346 e. The van der Waals surface area contributed by atoms with E-state index in [1.807, 2.05) is 22.9 Å². The van der Waals surface area contributed by atoms with Gasteiger partial charge in [0, 0.05) is 47.3 Å². The maximum atomic E-state index is 12.4. The molecule has 3 aromatic heterocycles. The van der Waals surface area contributed by atoms with E-state index < -0.39 is 15.6 Å². The third-order valence-electron chi connectivity index (χ3n) is 6.15. The van der Waals surface area contributed by atoms with Crippen molar-refractivity contribution in [3.05, 3.63) is 54.4 Å².